The predicted molar refractivity (Wildman–Crippen MR) is 47.5 cm³/mol. The molecule has 0 fully saturated rings. The minimum absolute atomic E-state index is 0.142. The Balaban J connectivity index is 3.07. The van der Waals surface area contributed by atoms with Gasteiger partial charge in [-0.3, -0.25) is 0 Å². The van der Waals surface area contributed by atoms with Gasteiger partial charge in [0.2, 0.25) is 0 Å². The fourth-order valence-corrected chi connectivity index (χ4v) is 1.27. The first-order valence-corrected chi connectivity index (χ1v) is 4.02. The lowest BCUT2D eigenvalue weighted by Gasteiger charge is -2.29. The molecule has 1 N–H and O–H groups in total. The Hall–Kier alpha value is -0.720. The highest BCUT2D eigenvalue weighted by atomic mass is 16.3. The molecule has 1 aliphatic rings. The van der Waals surface area contributed by atoms with E-state index in [1.807, 2.05) is 13.8 Å². The Labute approximate surface area is 68.4 Å². The van der Waals surface area contributed by atoms with E-state index in [2.05, 4.69) is 19.9 Å². The zero-order valence-electron chi connectivity index (χ0n) is 7.73. The van der Waals surface area contributed by atoms with E-state index in [0.717, 1.165) is 17.6 Å². The van der Waals surface area contributed by atoms with Crippen LogP contribution < -0.4 is 0 Å². The van der Waals surface area contributed by atoms with Crippen molar-refractivity contribution in [2.24, 2.45) is 5.41 Å². The van der Waals surface area contributed by atoms with Crippen LogP contribution in [0.25, 0.3) is 0 Å². The largest absolute Gasteiger partial charge is 0.508 e. The lowest BCUT2D eigenvalue weighted by atomic mass is 9.77. The number of rotatable bonds is 0. The van der Waals surface area contributed by atoms with Crippen LogP contribution in [-0.2, 0) is 0 Å². The second-order valence-electron chi connectivity index (χ2n) is 3.95. The maximum atomic E-state index is 9.59. The van der Waals surface area contributed by atoms with Gasteiger partial charge in [0, 0.05) is 0 Å². The molecule has 0 aliphatic heterocycles. The number of hydrogen-bond donors (Lipinski definition) is 1. The van der Waals surface area contributed by atoms with E-state index in [0.29, 0.717) is 5.76 Å². The normalized spacial score (nSPS) is 23.5. The molecule has 0 radical (unpaired) electrons. The van der Waals surface area contributed by atoms with Gasteiger partial charge in [0.05, 0.1) is 0 Å². The molecule has 1 rings (SSSR count). The highest BCUT2D eigenvalue weighted by Gasteiger charge is 2.25. The Morgan fingerprint density at radius 3 is 2.36 bits per heavy atom. The van der Waals surface area contributed by atoms with Crippen LogP contribution in [0.5, 0.6) is 0 Å². The molecule has 0 bridgehead atoms. The van der Waals surface area contributed by atoms with Crippen LogP contribution in [0.3, 0.4) is 0 Å². The van der Waals surface area contributed by atoms with Crippen molar-refractivity contribution in [2.45, 2.75) is 34.1 Å². The first kappa shape index (κ1) is 8.38. The van der Waals surface area contributed by atoms with Crippen molar-refractivity contribution in [1.82, 2.24) is 0 Å². The fraction of sp³-hybridized carbons (Fsp3) is 0.600. The Morgan fingerprint density at radius 1 is 1.36 bits per heavy atom. The van der Waals surface area contributed by atoms with Gasteiger partial charge in [0.1, 0.15) is 5.76 Å². The van der Waals surface area contributed by atoms with E-state index < -0.39 is 0 Å². The van der Waals surface area contributed by atoms with Crippen LogP contribution in [0.15, 0.2) is 23.0 Å². The standard InChI is InChI=1S/C10H16O/c1-7-5-6-10(3,4)8(2)9(7)11/h5,11H,6H2,1-4H3. The average molecular weight is 152 g/mol. The van der Waals surface area contributed by atoms with E-state index in [1.54, 1.807) is 0 Å². The van der Waals surface area contributed by atoms with E-state index in [9.17, 15) is 5.11 Å². The zero-order valence-corrected chi connectivity index (χ0v) is 7.73. The van der Waals surface area contributed by atoms with Crippen LogP contribution in [-0.4, -0.2) is 5.11 Å². The number of hydrogen-bond acceptors (Lipinski definition) is 1. The summed E-state index contributed by atoms with van der Waals surface area (Å²) in [5.41, 5.74) is 2.27. The van der Waals surface area contributed by atoms with Crippen molar-refractivity contribution in [3.8, 4) is 0 Å². The molecule has 62 valence electrons. The molecule has 1 aliphatic carbocycles. The smallest absolute Gasteiger partial charge is 0.117 e. The van der Waals surface area contributed by atoms with Crippen molar-refractivity contribution < 1.29 is 5.11 Å². The van der Waals surface area contributed by atoms with Crippen molar-refractivity contribution >= 4 is 0 Å². The SMILES string of the molecule is CC1=CCC(C)(C)C(C)=C1O. The summed E-state index contributed by atoms with van der Waals surface area (Å²) < 4.78 is 0. The van der Waals surface area contributed by atoms with Crippen molar-refractivity contribution in [3.63, 3.8) is 0 Å². The zero-order chi connectivity index (χ0) is 8.65. The minimum Gasteiger partial charge on any atom is -0.508 e. The van der Waals surface area contributed by atoms with Gasteiger partial charge >= 0.3 is 0 Å². The van der Waals surface area contributed by atoms with Gasteiger partial charge in [0.15, 0.2) is 0 Å². The molecule has 0 saturated heterocycles. The Kier molecular flexibility index (Phi) is 1.83. The molecular weight excluding hydrogens is 136 g/mol. The summed E-state index contributed by atoms with van der Waals surface area (Å²) in [4.78, 5) is 0. The minimum atomic E-state index is 0.142. The van der Waals surface area contributed by atoms with Gasteiger partial charge < -0.3 is 5.11 Å². The van der Waals surface area contributed by atoms with Gasteiger partial charge in [0.25, 0.3) is 0 Å². The Bertz CT molecular complexity index is 231. The van der Waals surface area contributed by atoms with Crippen molar-refractivity contribution in [1.29, 1.82) is 0 Å². The van der Waals surface area contributed by atoms with Gasteiger partial charge in [-0.2, -0.15) is 0 Å². The van der Waals surface area contributed by atoms with Gasteiger partial charge in [-0.05, 0) is 36.8 Å². The molecule has 11 heavy (non-hydrogen) atoms. The molecule has 0 aromatic rings. The number of allylic oxidation sites excluding steroid dienone is 3. The molecule has 0 heterocycles. The third kappa shape index (κ3) is 1.32. The second kappa shape index (κ2) is 2.40. The monoisotopic (exact) mass is 152 g/mol. The molecule has 0 spiro atoms. The van der Waals surface area contributed by atoms with Gasteiger partial charge in [-0.1, -0.05) is 19.9 Å². The molecule has 1 nitrogen and oxygen atoms in total. The van der Waals surface area contributed by atoms with Crippen LogP contribution in [0.1, 0.15) is 34.1 Å². The number of aliphatic hydroxyl groups excluding tert-OH is 1. The molecule has 0 saturated carbocycles. The van der Waals surface area contributed by atoms with Crippen LogP contribution in [0.2, 0.25) is 0 Å². The topological polar surface area (TPSA) is 20.2 Å². The lowest BCUT2D eigenvalue weighted by Crippen LogP contribution is -2.17. The second-order valence-corrected chi connectivity index (χ2v) is 3.95. The first-order valence-electron chi connectivity index (χ1n) is 4.02. The van der Waals surface area contributed by atoms with Crippen LogP contribution in [0, 0.1) is 5.41 Å². The highest BCUT2D eigenvalue weighted by Crippen LogP contribution is 2.37. The van der Waals surface area contributed by atoms with E-state index in [4.69, 9.17) is 0 Å². The summed E-state index contributed by atoms with van der Waals surface area (Å²) in [7, 11) is 0. The van der Waals surface area contributed by atoms with Crippen molar-refractivity contribution in [3.05, 3.63) is 23.0 Å². The van der Waals surface area contributed by atoms with Crippen LogP contribution >= 0.6 is 0 Å². The first-order chi connectivity index (χ1) is 4.95. The quantitative estimate of drug-likeness (QED) is 0.565. The van der Waals surface area contributed by atoms with Crippen LogP contribution in [0.4, 0.5) is 0 Å². The summed E-state index contributed by atoms with van der Waals surface area (Å²) in [5.74, 6) is 0.487. The predicted octanol–water partition coefficient (Wildman–Crippen LogP) is 3.19. The van der Waals surface area contributed by atoms with E-state index in [-0.39, 0.29) is 5.41 Å². The summed E-state index contributed by atoms with van der Waals surface area (Å²) in [6, 6.07) is 0. The van der Waals surface area contributed by atoms with E-state index in [1.165, 1.54) is 0 Å². The fourth-order valence-electron chi connectivity index (χ4n) is 1.27. The average Bonchev–Trinajstić information content (AvgIpc) is 1.95. The summed E-state index contributed by atoms with van der Waals surface area (Å²) in [6.45, 7) is 8.27. The molecule has 1 heteroatoms. The molecule has 0 amide bonds. The third-order valence-corrected chi connectivity index (χ3v) is 2.66. The molecule has 0 atom stereocenters. The lowest BCUT2D eigenvalue weighted by molar-refractivity contribution is 0.357. The molecule has 0 aromatic carbocycles. The molecule has 0 unspecified atom stereocenters. The highest BCUT2D eigenvalue weighted by molar-refractivity contribution is 5.34. The molecular formula is C10H16O. The maximum absolute atomic E-state index is 9.59. The summed E-state index contributed by atoms with van der Waals surface area (Å²) >= 11 is 0. The van der Waals surface area contributed by atoms with Gasteiger partial charge in [-0.15, -0.1) is 0 Å². The van der Waals surface area contributed by atoms with E-state index >= 15 is 0 Å². The van der Waals surface area contributed by atoms with Gasteiger partial charge in [-0.25, -0.2) is 0 Å². The number of aliphatic hydroxyl groups is 1. The molecule has 0 aromatic heterocycles. The Morgan fingerprint density at radius 2 is 1.91 bits per heavy atom. The summed E-state index contributed by atoms with van der Waals surface area (Å²) in [5, 5.41) is 9.59. The maximum Gasteiger partial charge on any atom is 0.117 e. The van der Waals surface area contributed by atoms with Crippen molar-refractivity contribution in [2.75, 3.05) is 0 Å². The third-order valence-electron chi connectivity index (χ3n) is 2.66. The summed E-state index contributed by atoms with van der Waals surface area (Å²) in [6.07, 6.45) is 3.14.